The van der Waals surface area contributed by atoms with Crippen LogP contribution in [0.2, 0.25) is 0 Å². The zero-order chi connectivity index (χ0) is 15.5. The van der Waals surface area contributed by atoms with E-state index in [-0.39, 0.29) is 0 Å². The number of rotatable bonds is 2. The maximum atomic E-state index is 4.66. The standard InChI is InChI=1S/C16H22N6/c1-12-5-6-15(20-19-12)21-7-4-8-22(10-9-21)16-14(3)17-11-13(2)18-16/h5-6,11H,4,7-10H2,1-3H3. The van der Waals surface area contributed by atoms with Crippen LogP contribution in [0.15, 0.2) is 18.3 Å². The van der Waals surface area contributed by atoms with Gasteiger partial charge < -0.3 is 9.80 Å². The van der Waals surface area contributed by atoms with E-state index in [9.17, 15) is 0 Å². The first-order valence-corrected chi connectivity index (χ1v) is 7.74. The van der Waals surface area contributed by atoms with Crippen molar-refractivity contribution in [2.24, 2.45) is 0 Å². The Balaban J connectivity index is 1.74. The Bertz CT molecular complexity index is 640. The van der Waals surface area contributed by atoms with Crippen LogP contribution in [-0.4, -0.2) is 46.3 Å². The first-order chi connectivity index (χ1) is 10.6. The molecular weight excluding hydrogens is 276 g/mol. The number of anilines is 2. The quantitative estimate of drug-likeness (QED) is 0.844. The van der Waals surface area contributed by atoms with Crippen molar-refractivity contribution in [1.82, 2.24) is 20.2 Å². The van der Waals surface area contributed by atoms with E-state index < -0.39 is 0 Å². The highest BCUT2D eigenvalue weighted by molar-refractivity contribution is 5.45. The predicted octanol–water partition coefficient (Wildman–Crippen LogP) is 1.91. The highest BCUT2D eigenvalue weighted by Crippen LogP contribution is 2.19. The van der Waals surface area contributed by atoms with Gasteiger partial charge in [-0.2, -0.15) is 5.10 Å². The monoisotopic (exact) mass is 298 g/mol. The van der Waals surface area contributed by atoms with Crippen LogP contribution in [0.4, 0.5) is 11.6 Å². The van der Waals surface area contributed by atoms with E-state index >= 15 is 0 Å². The lowest BCUT2D eigenvalue weighted by atomic mass is 10.3. The van der Waals surface area contributed by atoms with Crippen molar-refractivity contribution < 1.29 is 0 Å². The zero-order valence-electron chi connectivity index (χ0n) is 13.5. The van der Waals surface area contributed by atoms with Crippen molar-refractivity contribution in [2.45, 2.75) is 27.2 Å². The molecule has 0 N–H and O–H groups in total. The van der Waals surface area contributed by atoms with E-state index in [1.165, 1.54) is 0 Å². The summed E-state index contributed by atoms with van der Waals surface area (Å²) in [4.78, 5) is 13.7. The van der Waals surface area contributed by atoms with Crippen LogP contribution in [0.1, 0.15) is 23.5 Å². The summed E-state index contributed by atoms with van der Waals surface area (Å²) >= 11 is 0. The Kier molecular flexibility index (Phi) is 4.18. The first kappa shape index (κ1) is 14.7. The van der Waals surface area contributed by atoms with Crippen LogP contribution >= 0.6 is 0 Å². The maximum Gasteiger partial charge on any atom is 0.151 e. The van der Waals surface area contributed by atoms with Crippen LogP contribution in [0.3, 0.4) is 0 Å². The Hall–Kier alpha value is -2.24. The SMILES string of the molecule is Cc1ccc(N2CCCN(c3nc(C)cnc3C)CC2)nn1. The third kappa shape index (κ3) is 3.16. The summed E-state index contributed by atoms with van der Waals surface area (Å²) in [5.41, 5.74) is 2.91. The van der Waals surface area contributed by atoms with E-state index in [0.29, 0.717) is 0 Å². The fourth-order valence-electron chi connectivity index (χ4n) is 2.74. The lowest BCUT2D eigenvalue weighted by Gasteiger charge is -2.24. The van der Waals surface area contributed by atoms with Gasteiger partial charge in [-0.15, -0.1) is 5.10 Å². The lowest BCUT2D eigenvalue weighted by molar-refractivity contribution is 0.781. The highest BCUT2D eigenvalue weighted by Gasteiger charge is 2.19. The summed E-state index contributed by atoms with van der Waals surface area (Å²) in [5, 5.41) is 8.46. The lowest BCUT2D eigenvalue weighted by Crippen LogP contribution is -2.32. The molecule has 0 radical (unpaired) electrons. The Labute approximate surface area is 131 Å². The molecule has 2 aromatic heterocycles. The normalized spacial score (nSPS) is 15.8. The van der Waals surface area contributed by atoms with Gasteiger partial charge in [0.15, 0.2) is 5.82 Å². The van der Waals surface area contributed by atoms with Crippen molar-refractivity contribution >= 4 is 11.6 Å². The molecule has 2 aromatic rings. The summed E-state index contributed by atoms with van der Waals surface area (Å²) in [6, 6.07) is 4.07. The Morgan fingerprint density at radius 3 is 2.41 bits per heavy atom. The average molecular weight is 298 g/mol. The molecule has 0 aliphatic carbocycles. The summed E-state index contributed by atoms with van der Waals surface area (Å²) in [7, 11) is 0. The van der Waals surface area contributed by atoms with Gasteiger partial charge in [0.05, 0.1) is 17.1 Å². The van der Waals surface area contributed by atoms with Crippen LogP contribution in [-0.2, 0) is 0 Å². The number of aromatic nitrogens is 4. The van der Waals surface area contributed by atoms with Crippen LogP contribution in [0, 0.1) is 20.8 Å². The molecule has 0 atom stereocenters. The minimum Gasteiger partial charge on any atom is -0.353 e. The minimum absolute atomic E-state index is 0.923. The molecule has 0 bridgehead atoms. The maximum absolute atomic E-state index is 4.66. The van der Waals surface area contributed by atoms with Gasteiger partial charge in [-0.1, -0.05) is 0 Å². The third-order valence-corrected chi connectivity index (χ3v) is 3.95. The van der Waals surface area contributed by atoms with E-state index in [0.717, 1.165) is 61.3 Å². The number of hydrogen-bond acceptors (Lipinski definition) is 6. The molecule has 0 amide bonds. The van der Waals surface area contributed by atoms with Crippen molar-refractivity contribution in [3.8, 4) is 0 Å². The third-order valence-electron chi connectivity index (χ3n) is 3.95. The highest BCUT2D eigenvalue weighted by atomic mass is 15.3. The Morgan fingerprint density at radius 1 is 0.864 bits per heavy atom. The molecule has 1 aliphatic heterocycles. The summed E-state index contributed by atoms with van der Waals surface area (Å²) in [6.07, 6.45) is 2.90. The van der Waals surface area contributed by atoms with Gasteiger partial charge in [0.2, 0.25) is 0 Å². The molecule has 0 spiro atoms. The van der Waals surface area contributed by atoms with Crippen LogP contribution in [0.5, 0.6) is 0 Å². The molecule has 6 nitrogen and oxygen atoms in total. The van der Waals surface area contributed by atoms with E-state index in [1.807, 2.05) is 33.0 Å². The van der Waals surface area contributed by atoms with Gasteiger partial charge in [-0.3, -0.25) is 4.98 Å². The Morgan fingerprint density at radius 2 is 1.64 bits per heavy atom. The second-order valence-corrected chi connectivity index (χ2v) is 5.78. The summed E-state index contributed by atoms with van der Waals surface area (Å²) in [5.74, 6) is 1.97. The van der Waals surface area contributed by atoms with Gasteiger partial charge in [0, 0.05) is 32.4 Å². The molecule has 1 fully saturated rings. The van der Waals surface area contributed by atoms with Gasteiger partial charge in [0.1, 0.15) is 5.82 Å². The molecule has 0 unspecified atom stereocenters. The molecule has 1 aliphatic rings. The van der Waals surface area contributed by atoms with Crippen molar-refractivity contribution in [1.29, 1.82) is 0 Å². The average Bonchev–Trinajstić information content (AvgIpc) is 2.76. The largest absolute Gasteiger partial charge is 0.353 e. The number of nitrogens with zero attached hydrogens (tertiary/aromatic N) is 6. The fourth-order valence-corrected chi connectivity index (χ4v) is 2.74. The van der Waals surface area contributed by atoms with Crippen LogP contribution < -0.4 is 9.80 Å². The van der Waals surface area contributed by atoms with Crippen molar-refractivity contribution in [3.05, 3.63) is 35.4 Å². The van der Waals surface area contributed by atoms with Gasteiger partial charge >= 0.3 is 0 Å². The molecule has 1 saturated heterocycles. The topological polar surface area (TPSA) is 58.0 Å². The number of hydrogen-bond donors (Lipinski definition) is 0. The first-order valence-electron chi connectivity index (χ1n) is 7.74. The smallest absolute Gasteiger partial charge is 0.151 e. The molecule has 116 valence electrons. The second kappa shape index (κ2) is 6.25. The molecule has 0 saturated carbocycles. The summed E-state index contributed by atoms with van der Waals surface area (Å²) < 4.78 is 0. The van der Waals surface area contributed by atoms with Crippen molar-refractivity contribution in [2.75, 3.05) is 36.0 Å². The molecule has 3 heterocycles. The summed E-state index contributed by atoms with van der Waals surface area (Å²) in [6.45, 7) is 9.81. The van der Waals surface area contributed by atoms with E-state index in [1.54, 1.807) is 0 Å². The fraction of sp³-hybridized carbons (Fsp3) is 0.500. The van der Waals surface area contributed by atoms with E-state index in [2.05, 4.69) is 36.0 Å². The van der Waals surface area contributed by atoms with Crippen molar-refractivity contribution in [3.63, 3.8) is 0 Å². The molecule has 22 heavy (non-hydrogen) atoms. The molecule has 3 rings (SSSR count). The molecule has 6 heteroatoms. The van der Waals surface area contributed by atoms with Gasteiger partial charge in [0.25, 0.3) is 0 Å². The predicted molar refractivity (Wildman–Crippen MR) is 87.3 cm³/mol. The minimum atomic E-state index is 0.923. The van der Waals surface area contributed by atoms with Gasteiger partial charge in [-0.05, 0) is 39.3 Å². The van der Waals surface area contributed by atoms with E-state index in [4.69, 9.17) is 0 Å². The molecular formula is C16H22N6. The van der Waals surface area contributed by atoms with Crippen LogP contribution in [0.25, 0.3) is 0 Å². The zero-order valence-corrected chi connectivity index (χ0v) is 13.5. The number of aryl methyl sites for hydroxylation is 3. The molecule has 0 aromatic carbocycles. The van der Waals surface area contributed by atoms with Gasteiger partial charge in [-0.25, -0.2) is 4.98 Å². The second-order valence-electron chi connectivity index (χ2n) is 5.78.